The highest BCUT2D eigenvalue weighted by Crippen LogP contribution is 2.30. The summed E-state index contributed by atoms with van der Waals surface area (Å²) in [6.07, 6.45) is 4.17. The van der Waals surface area contributed by atoms with Crippen LogP contribution in [0.4, 0.5) is 0 Å². The van der Waals surface area contributed by atoms with Crippen molar-refractivity contribution in [1.82, 2.24) is 15.1 Å². The molecule has 0 saturated carbocycles. The van der Waals surface area contributed by atoms with Crippen LogP contribution in [0.2, 0.25) is 0 Å². The fourth-order valence-electron chi connectivity index (χ4n) is 4.58. The number of nitrogens with one attached hydrogen (secondary N) is 1. The largest absolute Gasteiger partial charge is 0.309 e. The topological polar surface area (TPSA) is 18.5 Å². The molecule has 3 aliphatic heterocycles. The molecule has 3 nitrogen and oxygen atoms in total. The van der Waals surface area contributed by atoms with Gasteiger partial charge in [-0.1, -0.05) is 18.2 Å². The van der Waals surface area contributed by atoms with Crippen molar-refractivity contribution in [3.63, 3.8) is 0 Å². The van der Waals surface area contributed by atoms with Gasteiger partial charge in [-0.3, -0.25) is 4.90 Å². The highest BCUT2D eigenvalue weighted by Gasteiger charge is 2.34. The molecule has 2 fully saturated rings. The van der Waals surface area contributed by atoms with Gasteiger partial charge in [0.1, 0.15) is 0 Å². The molecule has 1 aromatic carbocycles. The average molecular weight is 285 g/mol. The van der Waals surface area contributed by atoms with Crippen LogP contribution < -0.4 is 5.32 Å². The van der Waals surface area contributed by atoms with Gasteiger partial charge >= 0.3 is 0 Å². The Morgan fingerprint density at radius 3 is 3.00 bits per heavy atom. The van der Waals surface area contributed by atoms with Crippen LogP contribution in [-0.4, -0.2) is 42.5 Å². The van der Waals surface area contributed by atoms with E-state index in [1.165, 1.54) is 55.6 Å². The molecule has 0 spiro atoms. The predicted molar refractivity (Wildman–Crippen MR) is 86.0 cm³/mol. The van der Waals surface area contributed by atoms with E-state index in [1.807, 2.05) is 0 Å². The number of rotatable bonds is 2. The van der Waals surface area contributed by atoms with Crippen LogP contribution >= 0.6 is 0 Å². The molecule has 2 atom stereocenters. The minimum Gasteiger partial charge on any atom is -0.309 e. The second-order valence-corrected chi connectivity index (χ2v) is 7.18. The minimum atomic E-state index is 0.847. The lowest BCUT2D eigenvalue weighted by Crippen LogP contribution is -2.52. The lowest BCUT2D eigenvalue weighted by molar-refractivity contribution is 0.0355. The highest BCUT2D eigenvalue weighted by atomic mass is 15.2. The molecular formula is C18H27N3. The Balaban J connectivity index is 1.41. The van der Waals surface area contributed by atoms with Crippen LogP contribution in [0.3, 0.4) is 0 Å². The fraction of sp³-hybridized carbons (Fsp3) is 0.667. The molecule has 0 radical (unpaired) electrons. The molecule has 0 aromatic heterocycles. The second-order valence-electron chi connectivity index (χ2n) is 7.18. The van der Waals surface area contributed by atoms with Crippen molar-refractivity contribution in [3.05, 3.63) is 34.9 Å². The summed E-state index contributed by atoms with van der Waals surface area (Å²) in [5.74, 6) is 0.897. The maximum Gasteiger partial charge on any atom is 0.0233 e. The van der Waals surface area contributed by atoms with Crippen LogP contribution in [0.15, 0.2) is 18.2 Å². The van der Waals surface area contributed by atoms with Gasteiger partial charge in [0.2, 0.25) is 0 Å². The van der Waals surface area contributed by atoms with Gasteiger partial charge in [0.05, 0.1) is 0 Å². The average Bonchev–Trinajstić information content (AvgIpc) is 2.95. The smallest absolute Gasteiger partial charge is 0.0233 e. The summed E-state index contributed by atoms with van der Waals surface area (Å²) in [5.41, 5.74) is 4.51. The van der Waals surface area contributed by atoms with Gasteiger partial charge in [0.15, 0.2) is 0 Å². The van der Waals surface area contributed by atoms with Crippen molar-refractivity contribution in [2.24, 2.45) is 5.92 Å². The highest BCUT2D eigenvalue weighted by molar-refractivity contribution is 5.34. The first kappa shape index (κ1) is 13.7. The number of hydrogen-bond donors (Lipinski definition) is 1. The molecule has 1 aromatic rings. The van der Waals surface area contributed by atoms with Crippen LogP contribution in [0.1, 0.15) is 36.0 Å². The van der Waals surface area contributed by atoms with E-state index in [0.717, 1.165) is 31.6 Å². The lowest BCUT2D eigenvalue weighted by Gasteiger charge is -2.46. The molecule has 1 N–H and O–H groups in total. The summed E-state index contributed by atoms with van der Waals surface area (Å²) in [7, 11) is 2.32. The molecule has 2 saturated heterocycles. The van der Waals surface area contributed by atoms with E-state index in [-0.39, 0.29) is 0 Å². The van der Waals surface area contributed by atoms with E-state index in [2.05, 4.69) is 40.4 Å². The first-order valence-electron chi connectivity index (χ1n) is 8.53. The van der Waals surface area contributed by atoms with Crippen molar-refractivity contribution in [2.75, 3.05) is 26.7 Å². The standard InChI is InChI=1S/C18H27N3/c1-20-7-2-3-16-13-21(8-6-18(16)20)12-14-4-5-15-10-19-11-17(15)9-14/h4-5,9,16,18-19H,2-3,6-8,10-13H2,1H3. The Bertz CT molecular complexity index is 513. The minimum absolute atomic E-state index is 0.847. The van der Waals surface area contributed by atoms with Crippen LogP contribution in [0, 0.1) is 5.92 Å². The molecule has 4 rings (SSSR count). The molecule has 3 aliphatic rings. The van der Waals surface area contributed by atoms with E-state index in [0.29, 0.717) is 0 Å². The van der Waals surface area contributed by atoms with E-state index >= 15 is 0 Å². The SMILES string of the molecule is CN1CCCC2CN(Cc3ccc4c(c3)CNC4)CCC21. The first-order chi connectivity index (χ1) is 10.3. The van der Waals surface area contributed by atoms with Crippen LogP contribution in [-0.2, 0) is 19.6 Å². The van der Waals surface area contributed by atoms with Gasteiger partial charge in [-0.15, -0.1) is 0 Å². The summed E-state index contributed by atoms with van der Waals surface area (Å²) >= 11 is 0. The van der Waals surface area contributed by atoms with E-state index < -0.39 is 0 Å². The zero-order chi connectivity index (χ0) is 14.2. The Morgan fingerprint density at radius 2 is 2.05 bits per heavy atom. The monoisotopic (exact) mass is 285 g/mol. The van der Waals surface area contributed by atoms with Crippen molar-refractivity contribution in [2.45, 2.75) is 44.9 Å². The molecule has 2 unspecified atom stereocenters. The van der Waals surface area contributed by atoms with Crippen LogP contribution in [0.5, 0.6) is 0 Å². The quantitative estimate of drug-likeness (QED) is 0.899. The summed E-state index contributed by atoms with van der Waals surface area (Å²) in [5, 5.41) is 3.44. The van der Waals surface area contributed by atoms with Crippen molar-refractivity contribution < 1.29 is 0 Å². The van der Waals surface area contributed by atoms with E-state index in [9.17, 15) is 0 Å². The number of likely N-dealkylation sites (tertiary alicyclic amines) is 2. The van der Waals surface area contributed by atoms with E-state index in [4.69, 9.17) is 0 Å². The van der Waals surface area contributed by atoms with Gasteiger partial charge in [-0.25, -0.2) is 0 Å². The summed E-state index contributed by atoms with van der Waals surface area (Å²) < 4.78 is 0. The van der Waals surface area contributed by atoms with Crippen molar-refractivity contribution >= 4 is 0 Å². The van der Waals surface area contributed by atoms with Gasteiger partial charge in [-0.2, -0.15) is 0 Å². The lowest BCUT2D eigenvalue weighted by atomic mass is 9.84. The van der Waals surface area contributed by atoms with Gasteiger partial charge in [-0.05, 0) is 62.0 Å². The molecule has 0 bridgehead atoms. The van der Waals surface area contributed by atoms with Gasteiger partial charge < -0.3 is 10.2 Å². The molecule has 3 heteroatoms. The van der Waals surface area contributed by atoms with Crippen molar-refractivity contribution in [1.29, 1.82) is 0 Å². The normalized spacial score (nSPS) is 30.1. The molecular weight excluding hydrogens is 258 g/mol. The summed E-state index contributed by atoms with van der Waals surface area (Å²) in [4.78, 5) is 5.29. The third-order valence-corrected chi connectivity index (χ3v) is 5.74. The number of nitrogens with zero attached hydrogens (tertiary/aromatic N) is 2. The first-order valence-corrected chi connectivity index (χ1v) is 8.53. The Hall–Kier alpha value is -0.900. The number of piperidine rings is 2. The number of benzene rings is 1. The number of fused-ring (bicyclic) bond motifs is 2. The Kier molecular flexibility index (Phi) is 3.74. The second kappa shape index (κ2) is 5.71. The van der Waals surface area contributed by atoms with Gasteiger partial charge in [0.25, 0.3) is 0 Å². The molecule has 21 heavy (non-hydrogen) atoms. The zero-order valence-electron chi connectivity index (χ0n) is 13.1. The predicted octanol–water partition coefficient (Wildman–Crippen LogP) is 2.21. The zero-order valence-corrected chi connectivity index (χ0v) is 13.1. The third-order valence-electron chi connectivity index (χ3n) is 5.74. The third kappa shape index (κ3) is 2.75. The molecule has 0 amide bonds. The fourth-order valence-corrected chi connectivity index (χ4v) is 4.58. The van der Waals surface area contributed by atoms with Gasteiger partial charge in [0, 0.05) is 32.2 Å². The van der Waals surface area contributed by atoms with Crippen LogP contribution in [0.25, 0.3) is 0 Å². The maximum absolute atomic E-state index is 3.44. The van der Waals surface area contributed by atoms with E-state index in [1.54, 1.807) is 0 Å². The molecule has 114 valence electrons. The molecule has 3 heterocycles. The molecule has 0 aliphatic carbocycles. The summed E-state index contributed by atoms with van der Waals surface area (Å²) in [6, 6.07) is 7.93. The Morgan fingerprint density at radius 1 is 1.14 bits per heavy atom. The number of hydrogen-bond acceptors (Lipinski definition) is 3. The Labute approximate surface area is 128 Å². The van der Waals surface area contributed by atoms with Crippen molar-refractivity contribution in [3.8, 4) is 0 Å². The maximum atomic E-state index is 3.44. The summed E-state index contributed by atoms with van der Waals surface area (Å²) in [6.45, 7) is 7.11.